The molecule has 0 aliphatic heterocycles. The Labute approximate surface area is 190 Å². The Balaban J connectivity index is 1.21. The van der Waals surface area contributed by atoms with Crippen LogP contribution in [-0.4, -0.2) is 42.3 Å². The Hall–Kier alpha value is -0.920. The maximum atomic E-state index is 13.2. The van der Waals surface area contributed by atoms with E-state index >= 15 is 0 Å². The van der Waals surface area contributed by atoms with Crippen molar-refractivity contribution in [3.8, 4) is 0 Å². The Bertz CT molecular complexity index is 887. The molecular formula is C24H34N2O3S2. The molecule has 5 saturated carbocycles. The van der Waals surface area contributed by atoms with Gasteiger partial charge in [0, 0.05) is 24.7 Å². The number of hydrogen-bond donors (Lipinski definition) is 0. The van der Waals surface area contributed by atoms with Crippen LogP contribution < -0.4 is 0 Å². The molecule has 7 heteroatoms. The molecule has 1 aromatic heterocycles. The van der Waals surface area contributed by atoms with Crippen LogP contribution in [0.3, 0.4) is 0 Å². The van der Waals surface area contributed by atoms with Crippen LogP contribution in [0, 0.1) is 23.2 Å². The van der Waals surface area contributed by atoms with E-state index in [1.54, 1.807) is 19.2 Å². The summed E-state index contributed by atoms with van der Waals surface area (Å²) in [6.07, 6.45) is 14.0. The third-order valence-corrected chi connectivity index (χ3v) is 11.3. The monoisotopic (exact) mass is 462 g/mol. The molecule has 5 aliphatic rings. The van der Waals surface area contributed by atoms with Crippen LogP contribution >= 0.6 is 11.8 Å². The van der Waals surface area contributed by atoms with Crippen molar-refractivity contribution in [1.29, 1.82) is 0 Å². The molecule has 1 aromatic rings. The average molecular weight is 463 g/mol. The molecule has 31 heavy (non-hydrogen) atoms. The van der Waals surface area contributed by atoms with E-state index in [9.17, 15) is 13.2 Å². The van der Waals surface area contributed by atoms with Gasteiger partial charge in [-0.05, 0) is 81.3 Å². The number of pyridine rings is 1. The SMILES string of the molecule is CN(C1CCCCC1)S(=O)(=O)c1ccc(SCC(=O)C23CC4CC(CC(C4)C2)C3)nc1. The number of carbonyl (C=O) groups excluding carboxylic acids is 1. The Kier molecular flexibility index (Phi) is 5.97. The van der Waals surface area contributed by atoms with Gasteiger partial charge >= 0.3 is 0 Å². The number of thioether (sulfide) groups is 1. The lowest BCUT2D eigenvalue weighted by molar-refractivity contribution is -0.141. The van der Waals surface area contributed by atoms with Crippen LogP contribution in [0.2, 0.25) is 0 Å². The maximum absolute atomic E-state index is 13.2. The molecule has 4 bridgehead atoms. The van der Waals surface area contributed by atoms with Crippen LogP contribution in [0.5, 0.6) is 0 Å². The largest absolute Gasteiger partial charge is 0.298 e. The van der Waals surface area contributed by atoms with E-state index in [0.29, 0.717) is 11.5 Å². The molecular weight excluding hydrogens is 428 g/mol. The molecule has 0 N–H and O–H groups in total. The van der Waals surface area contributed by atoms with Gasteiger partial charge in [0.15, 0.2) is 0 Å². The zero-order valence-electron chi connectivity index (χ0n) is 18.5. The molecule has 0 spiro atoms. The molecule has 5 aliphatic carbocycles. The zero-order valence-corrected chi connectivity index (χ0v) is 20.1. The minimum absolute atomic E-state index is 0.0757. The van der Waals surface area contributed by atoms with Gasteiger partial charge in [-0.1, -0.05) is 31.0 Å². The third kappa shape index (κ3) is 4.22. The normalized spacial score (nSPS) is 33.2. The van der Waals surface area contributed by atoms with Gasteiger partial charge < -0.3 is 0 Å². The van der Waals surface area contributed by atoms with Crippen LogP contribution in [0.4, 0.5) is 0 Å². The van der Waals surface area contributed by atoms with Crippen LogP contribution in [0.1, 0.15) is 70.6 Å². The zero-order chi connectivity index (χ0) is 21.6. The fourth-order valence-electron chi connectivity index (χ4n) is 7.16. The minimum Gasteiger partial charge on any atom is -0.298 e. The number of ketones is 1. The summed E-state index contributed by atoms with van der Waals surface area (Å²) < 4.78 is 27.5. The first kappa shape index (κ1) is 21.9. The lowest BCUT2D eigenvalue weighted by atomic mass is 9.48. The van der Waals surface area contributed by atoms with Gasteiger partial charge in [-0.15, -0.1) is 0 Å². The van der Waals surface area contributed by atoms with Crippen molar-refractivity contribution in [1.82, 2.24) is 9.29 Å². The first-order valence-electron chi connectivity index (χ1n) is 12.0. The number of hydrogen-bond acceptors (Lipinski definition) is 5. The van der Waals surface area contributed by atoms with E-state index in [2.05, 4.69) is 4.98 Å². The highest BCUT2D eigenvalue weighted by molar-refractivity contribution is 7.99. The molecule has 0 radical (unpaired) electrons. The fourth-order valence-corrected chi connectivity index (χ4v) is 9.40. The van der Waals surface area contributed by atoms with Crippen LogP contribution in [0.25, 0.3) is 0 Å². The highest BCUT2D eigenvalue weighted by Crippen LogP contribution is 2.60. The van der Waals surface area contributed by atoms with Crippen molar-refractivity contribution in [2.45, 2.75) is 86.6 Å². The molecule has 5 nitrogen and oxygen atoms in total. The summed E-state index contributed by atoms with van der Waals surface area (Å²) in [6, 6.07) is 3.50. The quantitative estimate of drug-likeness (QED) is 0.539. The molecule has 6 rings (SSSR count). The highest BCUT2D eigenvalue weighted by Gasteiger charge is 2.54. The van der Waals surface area contributed by atoms with Gasteiger partial charge in [0.25, 0.3) is 0 Å². The average Bonchev–Trinajstić information content (AvgIpc) is 2.77. The molecule has 170 valence electrons. The third-order valence-electron chi connectivity index (χ3n) is 8.46. The minimum atomic E-state index is -3.52. The van der Waals surface area contributed by atoms with Crippen molar-refractivity contribution in [3.63, 3.8) is 0 Å². The van der Waals surface area contributed by atoms with E-state index in [4.69, 9.17) is 0 Å². The molecule has 0 saturated heterocycles. The van der Waals surface area contributed by atoms with E-state index in [0.717, 1.165) is 67.7 Å². The van der Waals surface area contributed by atoms with Crippen LogP contribution in [-0.2, 0) is 14.8 Å². The topological polar surface area (TPSA) is 67.3 Å². The molecule has 5 fully saturated rings. The standard InChI is InChI=1S/C24H34N2O3S2/c1-26(20-5-3-2-4-6-20)31(28,29)21-7-8-23(25-15-21)30-16-22(27)24-12-17-9-18(13-24)11-19(10-17)14-24/h7-8,15,17-20H,2-6,9-14,16H2,1H3. The predicted octanol–water partition coefficient (Wildman–Crippen LogP) is 4.91. The van der Waals surface area contributed by atoms with Crippen molar-refractivity contribution in [2.75, 3.05) is 12.8 Å². The summed E-state index contributed by atoms with van der Waals surface area (Å²) >= 11 is 1.46. The number of aromatic nitrogens is 1. The lowest BCUT2D eigenvalue weighted by Gasteiger charge is -2.56. The maximum Gasteiger partial charge on any atom is 0.244 e. The Morgan fingerprint density at radius 2 is 1.68 bits per heavy atom. The van der Waals surface area contributed by atoms with E-state index in [-0.39, 0.29) is 16.4 Å². The second kappa shape index (κ2) is 8.45. The molecule has 0 aromatic carbocycles. The molecule has 0 unspecified atom stereocenters. The van der Waals surface area contributed by atoms with E-state index in [1.165, 1.54) is 47.9 Å². The van der Waals surface area contributed by atoms with Gasteiger partial charge in [0.05, 0.1) is 10.8 Å². The molecule has 0 atom stereocenters. The molecule has 0 amide bonds. The van der Waals surface area contributed by atoms with Crippen LogP contribution in [0.15, 0.2) is 28.3 Å². The Morgan fingerprint density at radius 3 is 2.23 bits per heavy atom. The first-order valence-corrected chi connectivity index (χ1v) is 14.4. The number of rotatable bonds is 7. The number of Topliss-reactive ketones (excluding diaryl/α,β-unsaturated/α-hetero) is 1. The van der Waals surface area contributed by atoms with Crippen molar-refractivity contribution in [3.05, 3.63) is 18.3 Å². The second-order valence-electron chi connectivity index (χ2n) is 10.6. The summed E-state index contributed by atoms with van der Waals surface area (Å²) in [6.45, 7) is 0. The fraction of sp³-hybridized carbons (Fsp3) is 0.750. The number of carbonyl (C=O) groups is 1. The van der Waals surface area contributed by atoms with Gasteiger partial charge in [-0.2, -0.15) is 4.31 Å². The smallest absolute Gasteiger partial charge is 0.244 e. The summed E-state index contributed by atoms with van der Waals surface area (Å²) in [5.41, 5.74) is -0.0757. The first-order chi connectivity index (χ1) is 14.9. The van der Waals surface area contributed by atoms with E-state index in [1.807, 2.05) is 0 Å². The number of sulfonamides is 1. The van der Waals surface area contributed by atoms with Gasteiger partial charge in [-0.3, -0.25) is 4.79 Å². The summed E-state index contributed by atoms with van der Waals surface area (Å²) in [7, 11) is -1.83. The van der Waals surface area contributed by atoms with E-state index < -0.39 is 10.0 Å². The molecule has 1 heterocycles. The lowest BCUT2D eigenvalue weighted by Crippen LogP contribution is -2.50. The highest BCUT2D eigenvalue weighted by atomic mass is 32.2. The van der Waals surface area contributed by atoms with Crippen molar-refractivity contribution >= 4 is 27.6 Å². The number of nitrogens with zero attached hydrogens (tertiary/aromatic N) is 2. The van der Waals surface area contributed by atoms with Gasteiger partial charge in [-0.25, -0.2) is 13.4 Å². The van der Waals surface area contributed by atoms with Gasteiger partial charge in [0.2, 0.25) is 10.0 Å². The van der Waals surface area contributed by atoms with Gasteiger partial charge in [0.1, 0.15) is 10.7 Å². The summed E-state index contributed by atoms with van der Waals surface area (Å²) in [5, 5.41) is 0.734. The second-order valence-corrected chi connectivity index (χ2v) is 13.5. The van der Waals surface area contributed by atoms with Crippen molar-refractivity contribution in [2.24, 2.45) is 23.2 Å². The predicted molar refractivity (Wildman–Crippen MR) is 122 cm³/mol. The Morgan fingerprint density at radius 1 is 1.06 bits per heavy atom. The van der Waals surface area contributed by atoms with Crippen molar-refractivity contribution < 1.29 is 13.2 Å². The summed E-state index contributed by atoms with van der Waals surface area (Å²) in [5.74, 6) is 3.15. The summed E-state index contributed by atoms with van der Waals surface area (Å²) in [4.78, 5) is 17.9.